The maximum Gasteiger partial charge on any atom is 0.194 e. The third-order valence-electron chi connectivity index (χ3n) is 8.85. The van der Waals surface area contributed by atoms with Gasteiger partial charge in [0.15, 0.2) is 17.1 Å². The SMILES string of the molecule is [C-]#[N+]c1cc(C#N)c([C](c2cc(C#N)c(-c3ccc4c(c3)C(C)(C)c3ccccc3O4)c(C#N)c2)c2c(C#N)cc(C#N)cc2[N+]#[C-])c([N+]#[C-])c1. The molecule has 0 saturated heterocycles. The van der Waals surface area contributed by atoms with Crippen molar-refractivity contribution in [3.63, 3.8) is 0 Å². The van der Waals surface area contributed by atoms with Crippen molar-refractivity contribution in [1.29, 1.82) is 26.3 Å². The summed E-state index contributed by atoms with van der Waals surface area (Å²) in [6, 6.07) is 31.8. The zero-order valence-electron chi connectivity index (χ0n) is 27.0. The lowest BCUT2D eigenvalue weighted by Crippen LogP contribution is -2.24. The number of benzene rings is 5. The van der Waals surface area contributed by atoms with E-state index < -0.39 is 5.41 Å². The second-order valence-electron chi connectivity index (χ2n) is 12.0. The van der Waals surface area contributed by atoms with Crippen LogP contribution in [0.25, 0.3) is 25.7 Å². The summed E-state index contributed by atoms with van der Waals surface area (Å²) in [7, 11) is 0. The van der Waals surface area contributed by atoms with E-state index >= 15 is 0 Å². The van der Waals surface area contributed by atoms with E-state index in [1.165, 1.54) is 36.4 Å². The fraction of sp³-hybridized carbons (Fsp3) is 0.0714. The van der Waals surface area contributed by atoms with Crippen LogP contribution in [-0.2, 0) is 5.41 Å². The highest BCUT2D eigenvalue weighted by atomic mass is 16.5. The molecule has 0 spiro atoms. The van der Waals surface area contributed by atoms with E-state index in [9.17, 15) is 26.3 Å². The lowest BCUT2D eigenvalue weighted by atomic mass is 9.74. The molecular formula is C42H19N8O. The summed E-state index contributed by atoms with van der Waals surface area (Å²) >= 11 is 0. The molecule has 1 aliphatic rings. The van der Waals surface area contributed by atoms with Crippen LogP contribution in [-0.4, -0.2) is 0 Å². The van der Waals surface area contributed by atoms with E-state index in [1.807, 2.05) is 48.5 Å². The highest BCUT2D eigenvalue weighted by Crippen LogP contribution is 2.50. The first-order valence-electron chi connectivity index (χ1n) is 15.1. The van der Waals surface area contributed by atoms with Crippen LogP contribution in [0.1, 0.15) is 69.5 Å². The molecule has 5 aromatic rings. The Balaban J connectivity index is 1.67. The summed E-state index contributed by atoms with van der Waals surface area (Å²) in [4.78, 5) is 10.6. The molecule has 1 aliphatic heterocycles. The van der Waals surface area contributed by atoms with Gasteiger partial charge in [0, 0.05) is 44.7 Å². The van der Waals surface area contributed by atoms with Gasteiger partial charge in [-0.2, -0.15) is 26.3 Å². The Bertz CT molecular complexity index is 2500. The summed E-state index contributed by atoms with van der Waals surface area (Å²) in [5.74, 6) is 1.43. The maximum atomic E-state index is 10.6. The summed E-state index contributed by atoms with van der Waals surface area (Å²) < 4.78 is 6.21. The molecule has 0 unspecified atom stereocenters. The fourth-order valence-corrected chi connectivity index (χ4v) is 6.53. The zero-order chi connectivity index (χ0) is 36.4. The third-order valence-corrected chi connectivity index (χ3v) is 8.85. The van der Waals surface area contributed by atoms with E-state index in [-0.39, 0.29) is 67.5 Å². The molecule has 1 heterocycles. The van der Waals surface area contributed by atoms with Gasteiger partial charge in [0.25, 0.3) is 0 Å². The molecule has 0 saturated carbocycles. The largest absolute Gasteiger partial charge is 0.457 e. The minimum atomic E-state index is -0.485. The molecule has 0 amide bonds. The van der Waals surface area contributed by atoms with Gasteiger partial charge in [0.1, 0.15) is 11.5 Å². The molecular weight excluding hydrogens is 633 g/mol. The normalized spacial score (nSPS) is 11.7. The van der Waals surface area contributed by atoms with Gasteiger partial charge in [-0.3, -0.25) is 0 Å². The number of rotatable bonds is 4. The van der Waals surface area contributed by atoms with Crippen molar-refractivity contribution in [2.75, 3.05) is 0 Å². The van der Waals surface area contributed by atoms with Gasteiger partial charge >= 0.3 is 0 Å². The van der Waals surface area contributed by atoms with Crippen LogP contribution in [0, 0.1) is 82.3 Å². The molecule has 9 nitrogen and oxygen atoms in total. The van der Waals surface area contributed by atoms with E-state index in [0.29, 0.717) is 16.9 Å². The van der Waals surface area contributed by atoms with Gasteiger partial charge in [0.05, 0.1) is 61.2 Å². The molecule has 1 radical (unpaired) electrons. The van der Waals surface area contributed by atoms with E-state index in [1.54, 1.807) is 12.1 Å². The van der Waals surface area contributed by atoms with Crippen molar-refractivity contribution < 1.29 is 4.74 Å². The number of hydrogen-bond donors (Lipinski definition) is 0. The third kappa shape index (κ3) is 5.30. The highest BCUT2D eigenvalue weighted by Gasteiger charge is 2.35. The average molecular weight is 652 g/mol. The van der Waals surface area contributed by atoms with Gasteiger partial charge in [-0.25, -0.2) is 14.5 Å². The molecule has 0 bridgehead atoms. The summed E-state index contributed by atoms with van der Waals surface area (Å²) in [6.45, 7) is 27.6. The first-order valence-corrected chi connectivity index (χ1v) is 15.1. The summed E-state index contributed by atoms with van der Waals surface area (Å²) in [5.41, 5.74) is 2.25. The van der Waals surface area contributed by atoms with Crippen molar-refractivity contribution in [1.82, 2.24) is 0 Å². The Morgan fingerprint density at radius 1 is 0.608 bits per heavy atom. The predicted octanol–water partition coefficient (Wildman–Crippen LogP) is 9.82. The number of para-hydroxylation sites is 1. The highest BCUT2D eigenvalue weighted by molar-refractivity contribution is 5.85. The number of ether oxygens (including phenoxy) is 1. The summed E-state index contributed by atoms with van der Waals surface area (Å²) in [6.07, 6.45) is 0. The van der Waals surface area contributed by atoms with Crippen molar-refractivity contribution in [2.45, 2.75) is 19.3 Å². The fourth-order valence-electron chi connectivity index (χ4n) is 6.53. The second kappa shape index (κ2) is 12.8. The molecule has 0 aliphatic carbocycles. The number of nitrogens with zero attached hydrogens (tertiary/aromatic N) is 8. The van der Waals surface area contributed by atoms with Gasteiger partial charge in [-0.15, -0.1) is 0 Å². The van der Waals surface area contributed by atoms with Crippen LogP contribution < -0.4 is 4.74 Å². The predicted molar refractivity (Wildman–Crippen MR) is 186 cm³/mol. The number of hydrogen-bond acceptors (Lipinski definition) is 6. The molecule has 0 N–H and O–H groups in total. The van der Waals surface area contributed by atoms with Crippen LogP contribution in [0.4, 0.5) is 17.1 Å². The first kappa shape index (κ1) is 32.7. The van der Waals surface area contributed by atoms with Crippen molar-refractivity contribution in [2.24, 2.45) is 0 Å². The molecule has 233 valence electrons. The van der Waals surface area contributed by atoms with Crippen LogP contribution in [0.2, 0.25) is 0 Å². The average Bonchev–Trinajstić information content (AvgIpc) is 3.17. The second-order valence-corrected chi connectivity index (χ2v) is 12.0. The topological polar surface area (TPSA) is 141 Å². The Morgan fingerprint density at radius 2 is 1.20 bits per heavy atom. The maximum absolute atomic E-state index is 10.6. The standard InChI is InChI=1S/C42H19N8O/c1-42(2)32-8-6-7-9-36(32)51-37-11-10-25(17-33(37)42)38-28(21-45)14-26(15-29(38)22-46)41(39-27(20-44)12-24(19-43)13-34(39)49-4)40-30(23-47)16-31(48-3)18-35(40)50-5/h6-18H,1-2H3. The van der Waals surface area contributed by atoms with Gasteiger partial charge in [0.2, 0.25) is 0 Å². The molecule has 0 atom stereocenters. The van der Waals surface area contributed by atoms with Gasteiger partial charge in [-0.1, -0.05) is 44.2 Å². The molecule has 9 heteroatoms. The molecule has 51 heavy (non-hydrogen) atoms. The van der Waals surface area contributed by atoms with Crippen LogP contribution in [0.5, 0.6) is 11.5 Å². The van der Waals surface area contributed by atoms with Crippen molar-refractivity contribution in [3.8, 4) is 53.0 Å². The summed E-state index contributed by atoms with van der Waals surface area (Å²) in [5, 5.41) is 51.4. The number of nitriles is 5. The molecule has 5 aromatic carbocycles. The Kier molecular flexibility index (Phi) is 8.21. The van der Waals surface area contributed by atoms with Crippen LogP contribution >= 0.6 is 0 Å². The molecule has 0 aromatic heterocycles. The molecule has 6 rings (SSSR count). The zero-order valence-corrected chi connectivity index (χ0v) is 27.0. The first-order chi connectivity index (χ1) is 24.7. The van der Waals surface area contributed by atoms with Crippen LogP contribution in [0.3, 0.4) is 0 Å². The lowest BCUT2D eigenvalue weighted by molar-refractivity contribution is 0.418. The smallest absolute Gasteiger partial charge is 0.194 e. The number of fused-ring (bicyclic) bond motifs is 2. The minimum absolute atomic E-state index is 0.00957. The minimum Gasteiger partial charge on any atom is -0.457 e. The monoisotopic (exact) mass is 651 g/mol. The Morgan fingerprint density at radius 3 is 1.78 bits per heavy atom. The van der Waals surface area contributed by atoms with E-state index in [2.05, 4.69) is 40.5 Å². The van der Waals surface area contributed by atoms with E-state index in [0.717, 1.165) is 16.9 Å². The lowest BCUT2D eigenvalue weighted by Gasteiger charge is -2.34. The molecule has 0 fully saturated rings. The van der Waals surface area contributed by atoms with Crippen LogP contribution in [0.15, 0.2) is 78.9 Å². The van der Waals surface area contributed by atoms with Crippen molar-refractivity contribution in [3.05, 3.63) is 175 Å². The van der Waals surface area contributed by atoms with Gasteiger partial charge in [-0.05, 0) is 70.8 Å². The Hall–Kier alpha value is -8.18. The van der Waals surface area contributed by atoms with E-state index in [4.69, 9.17) is 24.5 Å². The quantitative estimate of drug-likeness (QED) is 0.140. The van der Waals surface area contributed by atoms with Gasteiger partial charge < -0.3 is 4.74 Å². The van der Waals surface area contributed by atoms with Crippen molar-refractivity contribution >= 4 is 17.1 Å². The Labute approximate surface area is 294 Å².